The number of hydrazone groups is 1. The van der Waals surface area contributed by atoms with E-state index in [2.05, 4.69) is 38.4 Å². The van der Waals surface area contributed by atoms with Crippen LogP contribution in [0.15, 0.2) is 76.8 Å². The normalized spacial score (nSPS) is 10.8. The van der Waals surface area contributed by atoms with Crippen LogP contribution in [0, 0.1) is 6.92 Å². The van der Waals surface area contributed by atoms with Gasteiger partial charge in [-0.1, -0.05) is 58.9 Å². The maximum absolute atomic E-state index is 12.1. The third-order valence-corrected chi connectivity index (χ3v) is 4.95. The van der Waals surface area contributed by atoms with Crippen molar-refractivity contribution < 1.29 is 9.53 Å². The molecule has 28 heavy (non-hydrogen) atoms. The van der Waals surface area contributed by atoms with Gasteiger partial charge in [0.15, 0.2) is 0 Å². The molecule has 3 aromatic carbocycles. The van der Waals surface area contributed by atoms with Gasteiger partial charge in [0, 0.05) is 15.7 Å². The molecule has 142 valence electrons. The fourth-order valence-corrected chi connectivity index (χ4v) is 2.97. The van der Waals surface area contributed by atoms with Gasteiger partial charge in [-0.05, 0) is 47.5 Å². The third kappa shape index (κ3) is 4.78. The maximum atomic E-state index is 12.1. The summed E-state index contributed by atoms with van der Waals surface area (Å²) in [6, 6.07) is 16.9. The number of rotatable bonds is 6. The number of nitrogens with zero attached hydrogens (tertiary/aromatic N) is 1. The van der Waals surface area contributed by atoms with Crippen molar-refractivity contribution in [1.29, 1.82) is 0 Å². The number of urea groups is 1. The summed E-state index contributed by atoms with van der Waals surface area (Å²) in [5, 5.41) is 8.89. The van der Waals surface area contributed by atoms with Crippen LogP contribution in [0.1, 0.15) is 11.1 Å². The lowest BCUT2D eigenvalue weighted by molar-refractivity contribution is 0.252. The maximum Gasteiger partial charge on any atom is 0.339 e. The van der Waals surface area contributed by atoms with E-state index in [1.54, 1.807) is 12.3 Å². The van der Waals surface area contributed by atoms with Gasteiger partial charge in [0.25, 0.3) is 0 Å². The number of halogens is 1. The number of carbonyl (C=O) groups is 1. The smallest absolute Gasteiger partial charge is 0.339 e. The lowest BCUT2D eigenvalue weighted by Gasteiger charge is -2.10. The quantitative estimate of drug-likeness (QED) is 0.298. The Morgan fingerprint density at radius 2 is 2.04 bits per heavy atom. The number of carbonyl (C=O) groups excluding carboxylic acids is 1. The number of benzene rings is 3. The van der Waals surface area contributed by atoms with Crippen LogP contribution in [0.4, 0.5) is 10.5 Å². The molecule has 0 aliphatic rings. The first-order valence-corrected chi connectivity index (χ1v) is 9.49. The topological polar surface area (TPSA) is 62.7 Å². The molecule has 3 rings (SSSR count). The number of anilines is 1. The van der Waals surface area contributed by atoms with Crippen molar-refractivity contribution in [3.63, 3.8) is 0 Å². The fourth-order valence-electron chi connectivity index (χ4n) is 2.72. The van der Waals surface area contributed by atoms with E-state index >= 15 is 0 Å². The molecular formula is C22H20BrN3O2. The van der Waals surface area contributed by atoms with Gasteiger partial charge in [-0.15, -0.1) is 0 Å². The highest BCUT2D eigenvalue weighted by atomic mass is 79.9. The summed E-state index contributed by atoms with van der Waals surface area (Å²) in [7, 11) is 0. The number of aryl methyl sites for hydroxylation is 1. The summed E-state index contributed by atoms with van der Waals surface area (Å²) < 4.78 is 6.72. The predicted molar refractivity (Wildman–Crippen MR) is 118 cm³/mol. The van der Waals surface area contributed by atoms with E-state index in [0.717, 1.165) is 26.4 Å². The highest BCUT2D eigenvalue weighted by Crippen LogP contribution is 2.26. The first-order chi connectivity index (χ1) is 13.6. The summed E-state index contributed by atoms with van der Waals surface area (Å²) in [5.74, 6) is 0.674. The number of hydrogen-bond acceptors (Lipinski definition) is 3. The Kier molecular flexibility index (Phi) is 6.45. The molecule has 3 aromatic rings. The molecule has 2 amide bonds. The number of hydrogen-bond donors (Lipinski definition) is 2. The van der Waals surface area contributed by atoms with Crippen molar-refractivity contribution in [2.75, 3.05) is 11.9 Å². The van der Waals surface area contributed by atoms with Crippen LogP contribution < -0.4 is 15.5 Å². The summed E-state index contributed by atoms with van der Waals surface area (Å²) in [6.45, 7) is 6.02. The molecule has 6 heteroatoms. The van der Waals surface area contributed by atoms with Crippen LogP contribution in [-0.4, -0.2) is 18.9 Å². The van der Waals surface area contributed by atoms with Gasteiger partial charge in [-0.3, -0.25) is 0 Å². The second-order valence-corrected chi connectivity index (χ2v) is 6.94. The van der Waals surface area contributed by atoms with Crippen LogP contribution in [0.5, 0.6) is 5.75 Å². The fraction of sp³-hybridized carbons (Fsp3) is 0.0909. The zero-order valence-electron chi connectivity index (χ0n) is 15.4. The van der Waals surface area contributed by atoms with Gasteiger partial charge in [-0.25, -0.2) is 10.2 Å². The van der Waals surface area contributed by atoms with Gasteiger partial charge >= 0.3 is 6.03 Å². The van der Waals surface area contributed by atoms with Crippen molar-refractivity contribution in [2.45, 2.75) is 6.92 Å². The van der Waals surface area contributed by atoms with Crippen LogP contribution >= 0.6 is 15.9 Å². The van der Waals surface area contributed by atoms with E-state index in [-0.39, 0.29) is 0 Å². The van der Waals surface area contributed by atoms with Crippen molar-refractivity contribution in [2.24, 2.45) is 5.10 Å². The zero-order chi connectivity index (χ0) is 19.9. The van der Waals surface area contributed by atoms with Crippen molar-refractivity contribution >= 4 is 44.6 Å². The molecule has 2 N–H and O–H groups in total. The number of amides is 2. The monoisotopic (exact) mass is 437 g/mol. The average molecular weight is 438 g/mol. The third-order valence-electron chi connectivity index (χ3n) is 4.06. The van der Waals surface area contributed by atoms with Gasteiger partial charge in [0.05, 0.1) is 6.21 Å². The van der Waals surface area contributed by atoms with Crippen LogP contribution in [-0.2, 0) is 0 Å². The molecule has 5 nitrogen and oxygen atoms in total. The molecule has 0 heterocycles. The summed E-state index contributed by atoms with van der Waals surface area (Å²) in [4.78, 5) is 12.1. The predicted octanol–water partition coefficient (Wildman–Crippen LogP) is 5.63. The molecule has 0 fully saturated rings. The number of ether oxygens (including phenoxy) is 1. The molecule has 0 unspecified atom stereocenters. The summed E-state index contributed by atoms with van der Waals surface area (Å²) in [6.07, 6.45) is 3.27. The largest absolute Gasteiger partial charge is 0.489 e. The van der Waals surface area contributed by atoms with Crippen LogP contribution in [0.2, 0.25) is 0 Å². The lowest BCUT2D eigenvalue weighted by atomic mass is 10.0. The SMILES string of the molecule is C=CCOc1ccc2ccccc2c1/C=N/NC(=O)Nc1ccc(Br)c(C)c1. The second-order valence-electron chi connectivity index (χ2n) is 6.09. The first kappa shape index (κ1) is 19.6. The molecule has 0 radical (unpaired) electrons. The molecule has 0 aliphatic carbocycles. The van der Waals surface area contributed by atoms with E-state index in [1.807, 2.05) is 61.5 Å². The Labute approximate surface area is 172 Å². The molecule has 0 aliphatic heterocycles. The van der Waals surface area contributed by atoms with Crippen molar-refractivity contribution in [3.05, 3.63) is 82.9 Å². The Morgan fingerprint density at radius 1 is 1.21 bits per heavy atom. The standard InChI is InChI=1S/C22H20BrN3O2/c1-3-12-28-21-11-8-16-6-4-5-7-18(16)19(21)14-24-26-22(27)25-17-9-10-20(23)15(2)13-17/h3-11,13-14H,1,12H2,2H3,(H2,25,26,27)/b24-14+. The Bertz CT molecular complexity index is 1050. The van der Waals surface area contributed by atoms with Gasteiger partial charge < -0.3 is 10.1 Å². The Morgan fingerprint density at radius 3 is 2.82 bits per heavy atom. The summed E-state index contributed by atoms with van der Waals surface area (Å²) in [5.41, 5.74) is 5.00. The summed E-state index contributed by atoms with van der Waals surface area (Å²) >= 11 is 3.44. The molecule has 0 aromatic heterocycles. The Hall–Kier alpha value is -3.12. The van der Waals surface area contributed by atoms with Crippen molar-refractivity contribution in [3.8, 4) is 5.75 Å². The van der Waals surface area contributed by atoms with Gasteiger partial charge in [0.1, 0.15) is 12.4 Å². The molecule has 0 bridgehead atoms. The number of nitrogens with one attached hydrogen (secondary N) is 2. The Balaban J connectivity index is 1.77. The van der Waals surface area contributed by atoms with Crippen LogP contribution in [0.3, 0.4) is 0 Å². The highest BCUT2D eigenvalue weighted by molar-refractivity contribution is 9.10. The zero-order valence-corrected chi connectivity index (χ0v) is 17.0. The molecule has 0 atom stereocenters. The minimum absolute atomic E-state index is 0.385. The van der Waals surface area contributed by atoms with Crippen molar-refractivity contribution in [1.82, 2.24) is 5.43 Å². The molecular weight excluding hydrogens is 418 g/mol. The lowest BCUT2D eigenvalue weighted by Crippen LogP contribution is -2.24. The van der Waals surface area contributed by atoms with E-state index < -0.39 is 6.03 Å². The first-order valence-electron chi connectivity index (χ1n) is 8.70. The molecule has 0 saturated carbocycles. The number of fused-ring (bicyclic) bond motifs is 1. The van der Waals surface area contributed by atoms with Gasteiger partial charge in [0.2, 0.25) is 0 Å². The minimum Gasteiger partial charge on any atom is -0.489 e. The van der Waals surface area contributed by atoms with E-state index in [9.17, 15) is 4.79 Å². The molecule has 0 saturated heterocycles. The van der Waals surface area contributed by atoms with E-state index in [0.29, 0.717) is 18.0 Å². The minimum atomic E-state index is -0.424. The second kappa shape index (κ2) is 9.19. The highest BCUT2D eigenvalue weighted by Gasteiger charge is 2.07. The van der Waals surface area contributed by atoms with Crippen LogP contribution in [0.25, 0.3) is 10.8 Å². The van der Waals surface area contributed by atoms with E-state index in [4.69, 9.17) is 4.74 Å². The molecule has 0 spiro atoms. The van der Waals surface area contributed by atoms with E-state index in [1.165, 1.54) is 0 Å². The van der Waals surface area contributed by atoms with Gasteiger partial charge in [-0.2, -0.15) is 5.10 Å². The average Bonchev–Trinajstić information content (AvgIpc) is 2.70.